The zero-order chi connectivity index (χ0) is 16.7. The lowest BCUT2D eigenvalue weighted by molar-refractivity contribution is 0.175. The van der Waals surface area contributed by atoms with Gasteiger partial charge in [0.25, 0.3) is 0 Å². The first-order valence-electron chi connectivity index (χ1n) is 7.50. The Morgan fingerprint density at radius 2 is 1.83 bits per heavy atom. The van der Waals surface area contributed by atoms with Crippen LogP contribution in [0, 0.1) is 0 Å². The van der Waals surface area contributed by atoms with Gasteiger partial charge in [-0.15, -0.1) is 0 Å². The molecule has 0 fully saturated rings. The predicted molar refractivity (Wildman–Crippen MR) is 92.5 cm³/mol. The molecule has 124 valence electrons. The minimum absolute atomic E-state index is 0.483. The molecule has 0 aliphatic rings. The van der Waals surface area contributed by atoms with Crippen LogP contribution in [0.2, 0.25) is 5.02 Å². The highest BCUT2D eigenvalue weighted by atomic mass is 35.5. The maximum atomic E-state index is 10.1. The lowest BCUT2D eigenvalue weighted by Gasteiger charge is -2.15. The second kappa shape index (κ2) is 8.77. The van der Waals surface area contributed by atoms with Crippen LogP contribution in [0.1, 0.15) is 17.2 Å². The monoisotopic (exact) mass is 335 g/mol. The van der Waals surface area contributed by atoms with Gasteiger partial charge in [0, 0.05) is 6.54 Å². The van der Waals surface area contributed by atoms with Gasteiger partial charge in [0.1, 0.15) is 16.5 Å². The minimum atomic E-state index is -0.516. The number of hydrogen-bond acceptors (Lipinski definition) is 4. The molecule has 2 rings (SSSR count). The number of aliphatic hydroxyl groups is 1. The van der Waals surface area contributed by atoms with Crippen molar-refractivity contribution in [2.45, 2.75) is 12.5 Å². The van der Waals surface area contributed by atoms with Crippen molar-refractivity contribution in [2.75, 3.05) is 27.3 Å². The van der Waals surface area contributed by atoms with Crippen LogP contribution < -0.4 is 14.8 Å². The third-order valence-electron chi connectivity index (χ3n) is 3.66. The molecule has 2 aromatic carbocycles. The molecular weight excluding hydrogens is 314 g/mol. The first-order valence-corrected chi connectivity index (χ1v) is 7.88. The average Bonchev–Trinajstić information content (AvgIpc) is 2.59. The van der Waals surface area contributed by atoms with E-state index in [-0.39, 0.29) is 0 Å². The molecule has 5 heteroatoms. The first kappa shape index (κ1) is 17.6. The van der Waals surface area contributed by atoms with E-state index in [2.05, 4.69) is 5.32 Å². The third-order valence-corrected chi connectivity index (χ3v) is 4.02. The number of hydrogen-bond donors (Lipinski definition) is 2. The van der Waals surface area contributed by atoms with Crippen LogP contribution in [0.3, 0.4) is 0 Å². The Balaban J connectivity index is 1.88. The Labute approximate surface area is 142 Å². The highest BCUT2D eigenvalue weighted by Gasteiger charge is 2.13. The SMILES string of the molecule is COc1ccc(CCNCC(O)c2ccccc2)c(OC)c1Cl. The van der Waals surface area contributed by atoms with Gasteiger partial charge < -0.3 is 19.9 Å². The Hall–Kier alpha value is -1.75. The normalized spacial score (nSPS) is 12.0. The lowest BCUT2D eigenvalue weighted by Crippen LogP contribution is -2.23. The number of methoxy groups -OCH3 is 2. The molecule has 4 nitrogen and oxygen atoms in total. The zero-order valence-corrected chi connectivity index (χ0v) is 14.1. The quantitative estimate of drug-likeness (QED) is 0.727. The third kappa shape index (κ3) is 4.61. The molecule has 0 aromatic heterocycles. The molecule has 0 aliphatic heterocycles. The highest BCUT2D eigenvalue weighted by molar-refractivity contribution is 6.33. The average molecular weight is 336 g/mol. The second-order valence-electron chi connectivity index (χ2n) is 5.15. The maximum absolute atomic E-state index is 10.1. The van der Waals surface area contributed by atoms with Gasteiger partial charge in [-0.3, -0.25) is 0 Å². The van der Waals surface area contributed by atoms with Gasteiger partial charge in [-0.25, -0.2) is 0 Å². The van der Waals surface area contributed by atoms with Gasteiger partial charge in [0.05, 0.1) is 20.3 Å². The van der Waals surface area contributed by atoms with Crippen LogP contribution in [0.15, 0.2) is 42.5 Å². The molecule has 0 amide bonds. The van der Waals surface area contributed by atoms with Crippen molar-refractivity contribution in [3.8, 4) is 11.5 Å². The summed E-state index contributed by atoms with van der Waals surface area (Å²) in [7, 11) is 3.17. The maximum Gasteiger partial charge on any atom is 0.144 e. The molecular formula is C18H22ClNO3. The summed E-state index contributed by atoms with van der Waals surface area (Å²) in [5.41, 5.74) is 1.91. The summed E-state index contributed by atoms with van der Waals surface area (Å²) in [6.45, 7) is 1.21. The highest BCUT2D eigenvalue weighted by Crippen LogP contribution is 2.36. The molecule has 23 heavy (non-hydrogen) atoms. The number of nitrogens with one attached hydrogen (secondary N) is 1. The van der Waals surface area contributed by atoms with Crippen molar-refractivity contribution in [3.63, 3.8) is 0 Å². The number of rotatable bonds is 8. The Bertz CT molecular complexity index is 619. The van der Waals surface area contributed by atoms with Crippen LogP contribution in [-0.2, 0) is 6.42 Å². The molecule has 0 heterocycles. The minimum Gasteiger partial charge on any atom is -0.495 e. The first-order chi connectivity index (χ1) is 11.2. The summed E-state index contributed by atoms with van der Waals surface area (Å²) < 4.78 is 10.6. The summed E-state index contributed by atoms with van der Waals surface area (Å²) >= 11 is 6.25. The predicted octanol–water partition coefficient (Wildman–Crippen LogP) is 3.22. The fraction of sp³-hybridized carbons (Fsp3) is 0.333. The van der Waals surface area contributed by atoms with Gasteiger partial charge in [-0.1, -0.05) is 48.0 Å². The number of halogens is 1. The van der Waals surface area contributed by atoms with E-state index in [4.69, 9.17) is 21.1 Å². The van der Waals surface area contributed by atoms with Crippen LogP contribution in [0.4, 0.5) is 0 Å². The van der Waals surface area contributed by atoms with E-state index >= 15 is 0 Å². The van der Waals surface area contributed by atoms with Gasteiger partial charge in [-0.2, -0.15) is 0 Å². The molecule has 1 atom stereocenters. The van der Waals surface area contributed by atoms with Crippen molar-refractivity contribution >= 4 is 11.6 Å². The molecule has 0 saturated heterocycles. The van der Waals surface area contributed by atoms with E-state index in [1.165, 1.54) is 0 Å². The van der Waals surface area contributed by atoms with Crippen molar-refractivity contribution in [1.29, 1.82) is 0 Å². The van der Waals surface area contributed by atoms with Crippen molar-refractivity contribution < 1.29 is 14.6 Å². The summed E-state index contributed by atoms with van der Waals surface area (Å²) in [5.74, 6) is 1.23. The van der Waals surface area contributed by atoms with E-state index in [9.17, 15) is 5.11 Å². The van der Waals surface area contributed by atoms with E-state index < -0.39 is 6.10 Å². The zero-order valence-electron chi connectivity index (χ0n) is 13.4. The van der Waals surface area contributed by atoms with Crippen LogP contribution in [0.25, 0.3) is 0 Å². The summed E-state index contributed by atoms with van der Waals surface area (Å²) in [6.07, 6.45) is 0.228. The van der Waals surface area contributed by atoms with Crippen LogP contribution in [-0.4, -0.2) is 32.4 Å². The number of aliphatic hydroxyl groups excluding tert-OH is 1. The molecule has 1 unspecified atom stereocenters. The Morgan fingerprint density at radius 3 is 2.48 bits per heavy atom. The lowest BCUT2D eigenvalue weighted by atomic mass is 10.1. The molecule has 0 saturated carbocycles. The van der Waals surface area contributed by atoms with E-state index in [1.54, 1.807) is 14.2 Å². The molecule has 2 N–H and O–H groups in total. The second-order valence-corrected chi connectivity index (χ2v) is 5.53. The van der Waals surface area contributed by atoms with Crippen molar-refractivity contribution in [3.05, 3.63) is 58.6 Å². The van der Waals surface area contributed by atoms with E-state index in [0.29, 0.717) is 29.6 Å². The summed E-state index contributed by atoms with van der Waals surface area (Å²) in [5, 5.41) is 13.8. The molecule has 0 spiro atoms. The van der Waals surface area contributed by atoms with Crippen molar-refractivity contribution in [1.82, 2.24) is 5.32 Å². The van der Waals surface area contributed by atoms with Crippen LogP contribution in [0.5, 0.6) is 11.5 Å². The smallest absolute Gasteiger partial charge is 0.144 e. The number of ether oxygens (including phenoxy) is 2. The fourth-order valence-electron chi connectivity index (χ4n) is 2.41. The largest absolute Gasteiger partial charge is 0.495 e. The van der Waals surface area contributed by atoms with Gasteiger partial charge in [-0.05, 0) is 30.2 Å². The standard InChI is InChI=1S/C18H22ClNO3/c1-22-16-9-8-14(18(23-2)17(16)19)10-11-20-12-15(21)13-6-4-3-5-7-13/h3-9,15,20-21H,10-12H2,1-2H3. The van der Waals surface area contributed by atoms with E-state index in [1.807, 2.05) is 42.5 Å². The molecule has 2 aromatic rings. The Morgan fingerprint density at radius 1 is 1.09 bits per heavy atom. The van der Waals surface area contributed by atoms with Gasteiger partial charge in [0.2, 0.25) is 0 Å². The topological polar surface area (TPSA) is 50.7 Å². The Kier molecular flexibility index (Phi) is 6.71. The van der Waals surface area contributed by atoms with Gasteiger partial charge in [0.15, 0.2) is 0 Å². The van der Waals surface area contributed by atoms with E-state index in [0.717, 1.165) is 17.5 Å². The number of benzene rings is 2. The molecule has 0 bridgehead atoms. The summed E-state index contributed by atoms with van der Waals surface area (Å²) in [4.78, 5) is 0. The molecule has 0 radical (unpaired) electrons. The molecule has 0 aliphatic carbocycles. The van der Waals surface area contributed by atoms with Crippen molar-refractivity contribution in [2.24, 2.45) is 0 Å². The fourth-order valence-corrected chi connectivity index (χ4v) is 2.75. The van der Waals surface area contributed by atoms with Crippen LogP contribution >= 0.6 is 11.6 Å². The van der Waals surface area contributed by atoms with Gasteiger partial charge >= 0.3 is 0 Å². The summed E-state index contributed by atoms with van der Waals surface area (Å²) in [6, 6.07) is 13.4.